The van der Waals surface area contributed by atoms with E-state index in [0.29, 0.717) is 12.8 Å². The Hall–Kier alpha value is -0.660. The number of aliphatic carboxylic acids is 1. The summed E-state index contributed by atoms with van der Waals surface area (Å²) in [4.78, 5) is 10.6. The zero-order valence-corrected chi connectivity index (χ0v) is 8.49. The first-order valence-corrected chi connectivity index (χ1v) is 5.81. The fourth-order valence-corrected chi connectivity index (χ4v) is 2.61. The summed E-state index contributed by atoms with van der Waals surface area (Å²) in [6.45, 7) is 1.23. The van der Waals surface area contributed by atoms with Crippen LogP contribution >= 0.6 is 0 Å². The summed E-state index contributed by atoms with van der Waals surface area (Å²) in [7, 11) is -3.57. The molecule has 1 saturated carbocycles. The molecule has 2 atom stereocenters. The molecule has 1 rings (SSSR count). The van der Waals surface area contributed by atoms with E-state index in [0.717, 1.165) is 0 Å². The molecule has 1 aliphatic carbocycles. The summed E-state index contributed by atoms with van der Waals surface area (Å²) in [5.74, 6) is -1.37. The largest absolute Gasteiger partial charge is 0.480 e. The van der Waals surface area contributed by atoms with Crippen molar-refractivity contribution in [3.8, 4) is 0 Å². The molecular weight excluding hydrogens is 210 g/mol. The van der Waals surface area contributed by atoms with Gasteiger partial charge >= 0.3 is 5.97 Å². The predicted molar refractivity (Wildman–Crippen MR) is 48.2 cm³/mol. The van der Waals surface area contributed by atoms with Crippen LogP contribution in [0.2, 0.25) is 0 Å². The van der Waals surface area contributed by atoms with E-state index in [-0.39, 0.29) is 0 Å². The van der Waals surface area contributed by atoms with Gasteiger partial charge in [0.25, 0.3) is 0 Å². The number of hydrogen-bond acceptors (Lipinski definition) is 4. The Kier molecular flexibility index (Phi) is 3.13. The van der Waals surface area contributed by atoms with Crippen molar-refractivity contribution in [2.75, 3.05) is 0 Å². The normalized spacial score (nSPS) is 21.6. The van der Waals surface area contributed by atoms with Crippen molar-refractivity contribution in [1.29, 1.82) is 0 Å². The van der Waals surface area contributed by atoms with Crippen LogP contribution in [-0.2, 0) is 14.8 Å². The molecule has 2 unspecified atom stereocenters. The second-order valence-corrected chi connectivity index (χ2v) is 5.41. The van der Waals surface area contributed by atoms with Crippen molar-refractivity contribution in [2.24, 2.45) is 0 Å². The average Bonchev–Trinajstić information content (AvgIpc) is 2.80. The minimum Gasteiger partial charge on any atom is -0.480 e. The Morgan fingerprint density at radius 1 is 1.50 bits per heavy atom. The number of rotatable bonds is 5. The molecule has 0 aromatic heterocycles. The summed E-state index contributed by atoms with van der Waals surface area (Å²) in [5.41, 5.74) is 0. The van der Waals surface area contributed by atoms with Crippen LogP contribution in [0.3, 0.4) is 0 Å². The smallest absolute Gasteiger partial charge is 0.324 e. The Morgan fingerprint density at radius 3 is 2.29 bits per heavy atom. The number of aliphatic hydroxyl groups is 1. The molecule has 0 heterocycles. The number of nitrogens with one attached hydrogen (secondary N) is 1. The molecule has 82 valence electrons. The van der Waals surface area contributed by atoms with Gasteiger partial charge in [0.2, 0.25) is 10.0 Å². The third-order valence-corrected chi connectivity index (χ3v) is 3.93. The number of aliphatic hydroxyl groups excluding tert-OH is 1. The Morgan fingerprint density at radius 2 is 2.00 bits per heavy atom. The first-order valence-electron chi connectivity index (χ1n) is 4.26. The minimum atomic E-state index is -3.57. The number of carboxylic acids is 1. The molecule has 1 aliphatic rings. The first-order chi connectivity index (χ1) is 6.34. The monoisotopic (exact) mass is 223 g/mol. The van der Waals surface area contributed by atoms with Crippen LogP contribution in [0.1, 0.15) is 19.8 Å². The van der Waals surface area contributed by atoms with Crippen LogP contribution in [0.25, 0.3) is 0 Å². The number of hydrogen-bond donors (Lipinski definition) is 3. The average molecular weight is 223 g/mol. The maximum Gasteiger partial charge on any atom is 0.324 e. The molecule has 7 heteroatoms. The molecule has 0 aromatic carbocycles. The SMILES string of the molecule is CC(O)C(NS(=O)(=O)C1CC1)C(=O)O. The van der Waals surface area contributed by atoms with Crippen LogP contribution in [0, 0.1) is 0 Å². The van der Waals surface area contributed by atoms with Crippen LogP contribution in [0.5, 0.6) is 0 Å². The fraction of sp³-hybridized carbons (Fsp3) is 0.857. The quantitative estimate of drug-likeness (QED) is 0.549. The lowest BCUT2D eigenvalue weighted by molar-refractivity contribution is -0.141. The summed E-state index contributed by atoms with van der Waals surface area (Å²) < 4.78 is 24.6. The van der Waals surface area contributed by atoms with Crippen molar-refractivity contribution in [2.45, 2.75) is 37.2 Å². The molecule has 6 nitrogen and oxygen atoms in total. The van der Waals surface area contributed by atoms with Gasteiger partial charge in [-0.15, -0.1) is 0 Å². The van der Waals surface area contributed by atoms with Gasteiger partial charge in [0.15, 0.2) is 0 Å². The Labute approximate surface area is 82.0 Å². The molecule has 3 N–H and O–H groups in total. The highest BCUT2D eigenvalue weighted by Gasteiger charge is 2.39. The second-order valence-electron chi connectivity index (χ2n) is 3.42. The van der Waals surface area contributed by atoms with Gasteiger partial charge in [0.1, 0.15) is 6.04 Å². The van der Waals surface area contributed by atoms with Crippen LogP contribution < -0.4 is 4.72 Å². The number of carbonyl (C=O) groups is 1. The zero-order chi connectivity index (χ0) is 10.9. The van der Waals surface area contributed by atoms with E-state index in [1.54, 1.807) is 0 Å². The van der Waals surface area contributed by atoms with E-state index in [2.05, 4.69) is 0 Å². The van der Waals surface area contributed by atoms with Gasteiger partial charge < -0.3 is 10.2 Å². The van der Waals surface area contributed by atoms with E-state index in [1.807, 2.05) is 4.72 Å². The summed E-state index contributed by atoms with van der Waals surface area (Å²) in [5, 5.41) is 17.2. The summed E-state index contributed by atoms with van der Waals surface area (Å²) in [6.07, 6.45) is -0.135. The van der Waals surface area contributed by atoms with E-state index in [1.165, 1.54) is 6.92 Å². The van der Waals surface area contributed by atoms with E-state index < -0.39 is 33.4 Å². The Balaban J connectivity index is 2.68. The zero-order valence-electron chi connectivity index (χ0n) is 7.67. The van der Waals surface area contributed by atoms with Crippen molar-refractivity contribution in [1.82, 2.24) is 4.72 Å². The van der Waals surface area contributed by atoms with Gasteiger partial charge in [-0.2, -0.15) is 4.72 Å². The Bertz CT molecular complexity index is 319. The molecule has 0 bridgehead atoms. The maximum atomic E-state index is 11.3. The highest BCUT2D eigenvalue weighted by Crippen LogP contribution is 2.27. The van der Waals surface area contributed by atoms with E-state index in [9.17, 15) is 13.2 Å². The molecule has 0 spiro atoms. The molecule has 0 saturated heterocycles. The highest BCUT2D eigenvalue weighted by molar-refractivity contribution is 7.90. The third-order valence-electron chi connectivity index (χ3n) is 2.00. The topological polar surface area (TPSA) is 104 Å². The lowest BCUT2D eigenvalue weighted by Gasteiger charge is -2.16. The molecule has 0 aliphatic heterocycles. The van der Waals surface area contributed by atoms with Crippen molar-refractivity contribution in [3.05, 3.63) is 0 Å². The highest BCUT2D eigenvalue weighted by atomic mass is 32.2. The van der Waals surface area contributed by atoms with Crippen LogP contribution in [0.4, 0.5) is 0 Å². The van der Waals surface area contributed by atoms with Crippen molar-refractivity contribution < 1.29 is 23.4 Å². The van der Waals surface area contributed by atoms with E-state index >= 15 is 0 Å². The molecule has 0 amide bonds. The summed E-state index contributed by atoms with van der Waals surface area (Å²) >= 11 is 0. The van der Waals surface area contributed by atoms with Gasteiger partial charge in [-0.05, 0) is 19.8 Å². The lowest BCUT2D eigenvalue weighted by Crippen LogP contribution is -2.48. The predicted octanol–water partition coefficient (Wildman–Crippen LogP) is -1.10. The molecule has 0 aromatic rings. The molecule has 1 fully saturated rings. The van der Waals surface area contributed by atoms with E-state index in [4.69, 9.17) is 10.2 Å². The van der Waals surface area contributed by atoms with Crippen molar-refractivity contribution in [3.63, 3.8) is 0 Å². The first kappa shape index (κ1) is 11.4. The van der Waals surface area contributed by atoms with Crippen LogP contribution in [0.15, 0.2) is 0 Å². The summed E-state index contributed by atoms with van der Waals surface area (Å²) in [6, 6.07) is -1.46. The second kappa shape index (κ2) is 3.84. The third kappa shape index (κ3) is 2.66. The number of sulfonamides is 1. The fourth-order valence-electron chi connectivity index (χ4n) is 1.01. The molecule has 14 heavy (non-hydrogen) atoms. The van der Waals surface area contributed by atoms with Gasteiger partial charge in [-0.1, -0.05) is 0 Å². The van der Waals surface area contributed by atoms with Gasteiger partial charge in [-0.3, -0.25) is 4.79 Å². The van der Waals surface area contributed by atoms with Gasteiger partial charge in [-0.25, -0.2) is 8.42 Å². The van der Waals surface area contributed by atoms with Gasteiger partial charge in [0, 0.05) is 0 Å². The standard InChI is InChI=1S/C7H13NO5S/c1-4(9)6(7(10)11)8-14(12,13)5-2-3-5/h4-6,8-9H,2-3H2,1H3,(H,10,11). The maximum absolute atomic E-state index is 11.3. The molecule has 0 radical (unpaired) electrons. The van der Waals surface area contributed by atoms with Gasteiger partial charge in [0.05, 0.1) is 11.4 Å². The minimum absolute atomic E-state index is 0.483. The number of carboxylic acid groups (broad SMARTS) is 1. The van der Waals surface area contributed by atoms with Crippen LogP contribution in [-0.4, -0.2) is 42.0 Å². The molecular formula is C7H13NO5S. The van der Waals surface area contributed by atoms with Crippen molar-refractivity contribution >= 4 is 16.0 Å². The lowest BCUT2D eigenvalue weighted by atomic mass is 10.2.